The number of aliphatic hydroxyl groups excluding tert-OH is 1. The third-order valence-corrected chi connectivity index (χ3v) is 6.41. The summed E-state index contributed by atoms with van der Waals surface area (Å²) < 4.78 is 6.30. The van der Waals surface area contributed by atoms with E-state index in [2.05, 4.69) is 16.7 Å². The lowest BCUT2D eigenvalue weighted by molar-refractivity contribution is -0.120. The largest absolute Gasteiger partial charge is 0.487 e. The molecule has 0 radical (unpaired) electrons. The molecule has 1 saturated carbocycles. The van der Waals surface area contributed by atoms with Gasteiger partial charge >= 0.3 is 0 Å². The highest BCUT2D eigenvalue weighted by molar-refractivity contribution is 5.73. The van der Waals surface area contributed by atoms with Gasteiger partial charge in [0.2, 0.25) is 5.91 Å². The van der Waals surface area contributed by atoms with Crippen LogP contribution in [-0.2, 0) is 11.2 Å². The van der Waals surface area contributed by atoms with Gasteiger partial charge in [-0.1, -0.05) is 30.3 Å². The van der Waals surface area contributed by atoms with Crippen molar-refractivity contribution in [2.24, 2.45) is 0 Å². The van der Waals surface area contributed by atoms with Crippen molar-refractivity contribution in [2.75, 3.05) is 6.54 Å². The normalized spacial score (nSPS) is 20.5. The second-order valence-corrected chi connectivity index (χ2v) is 8.73. The number of benzene rings is 2. The SMILES string of the molecule is CC(=O)N[C@@H](Cc1ccccc1)[C@H](O)CN[C@H]1CC2(CCC2)Oc2ccc(C#N)cc21. The van der Waals surface area contributed by atoms with Crippen molar-refractivity contribution in [2.45, 2.75) is 62.8 Å². The summed E-state index contributed by atoms with van der Waals surface area (Å²) in [7, 11) is 0. The molecule has 162 valence electrons. The molecule has 0 bridgehead atoms. The van der Waals surface area contributed by atoms with Gasteiger partial charge in [-0.25, -0.2) is 0 Å². The molecule has 1 aliphatic carbocycles. The van der Waals surface area contributed by atoms with Gasteiger partial charge in [0.1, 0.15) is 11.4 Å². The lowest BCUT2D eigenvalue weighted by atomic mass is 9.73. The van der Waals surface area contributed by atoms with Crippen LogP contribution in [0, 0.1) is 11.3 Å². The van der Waals surface area contributed by atoms with Crippen LogP contribution in [0.25, 0.3) is 0 Å². The number of hydrogen-bond acceptors (Lipinski definition) is 5. The van der Waals surface area contributed by atoms with E-state index in [0.29, 0.717) is 18.5 Å². The predicted molar refractivity (Wildman–Crippen MR) is 117 cm³/mol. The van der Waals surface area contributed by atoms with Crippen molar-refractivity contribution < 1.29 is 14.6 Å². The van der Waals surface area contributed by atoms with Crippen LogP contribution in [0.3, 0.4) is 0 Å². The molecule has 2 aromatic carbocycles. The number of carbonyl (C=O) groups is 1. The van der Waals surface area contributed by atoms with Crippen molar-refractivity contribution in [1.82, 2.24) is 10.6 Å². The maximum absolute atomic E-state index is 11.7. The van der Waals surface area contributed by atoms with E-state index in [1.807, 2.05) is 42.5 Å². The van der Waals surface area contributed by atoms with Crippen LogP contribution in [-0.4, -0.2) is 35.3 Å². The molecule has 6 heteroatoms. The van der Waals surface area contributed by atoms with E-state index >= 15 is 0 Å². The molecule has 3 N–H and O–H groups in total. The van der Waals surface area contributed by atoms with E-state index in [9.17, 15) is 15.2 Å². The van der Waals surface area contributed by atoms with Gasteiger partial charge < -0.3 is 20.5 Å². The Hall–Kier alpha value is -2.88. The lowest BCUT2D eigenvalue weighted by Crippen LogP contribution is -2.52. The highest BCUT2D eigenvalue weighted by Gasteiger charge is 2.45. The van der Waals surface area contributed by atoms with Gasteiger partial charge in [-0.05, 0) is 49.4 Å². The Kier molecular flexibility index (Phi) is 6.26. The van der Waals surface area contributed by atoms with Gasteiger partial charge in [0.25, 0.3) is 0 Å². The number of nitrogens with one attached hydrogen (secondary N) is 2. The summed E-state index contributed by atoms with van der Waals surface area (Å²) >= 11 is 0. The van der Waals surface area contributed by atoms with E-state index in [0.717, 1.165) is 42.6 Å². The first kappa shape index (κ1) is 21.4. The number of hydrogen-bond donors (Lipinski definition) is 3. The summed E-state index contributed by atoms with van der Waals surface area (Å²) in [6.07, 6.45) is 3.81. The van der Waals surface area contributed by atoms with Crippen molar-refractivity contribution in [3.8, 4) is 11.8 Å². The maximum Gasteiger partial charge on any atom is 0.217 e. The Bertz CT molecular complexity index is 966. The highest BCUT2D eigenvalue weighted by atomic mass is 16.5. The Morgan fingerprint density at radius 2 is 2.06 bits per heavy atom. The maximum atomic E-state index is 11.7. The minimum Gasteiger partial charge on any atom is -0.487 e. The average molecular weight is 420 g/mol. The zero-order valence-corrected chi connectivity index (χ0v) is 17.8. The Morgan fingerprint density at radius 3 is 2.71 bits per heavy atom. The van der Waals surface area contributed by atoms with Gasteiger partial charge in [0, 0.05) is 31.5 Å². The standard InChI is InChI=1S/C25H29N3O3/c1-17(29)28-21(13-18-6-3-2-4-7-18)23(30)16-27-22-14-25(10-5-11-25)31-24-9-8-19(15-26)12-20(22)24/h2-4,6-9,12,21-23,27,30H,5,10-11,13-14,16H2,1H3,(H,28,29)/t21-,22-,23+/m0/s1. The number of aliphatic hydroxyl groups is 1. The minimum atomic E-state index is -0.758. The molecule has 1 heterocycles. The van der Waals surface area contributed by atoms with E-state index in [4.69, 9.17) is 4.74 Å². The second kappa shape index (κ2) is 9.09. The minimum absolute atomic E-state index is 0.0123. The van der Waals surface area contributed by atoms with E-state index in [1.54, 1.807) is 6.07 Å². The molecule has 1 fully saturated rings. The summed E-state index contributed by atoms with van der Waals surface area (Å²) in [4.78, 5) is 11.7. The summed E-state index contributed by atoms with van der Waals surface area (Å²) in [6.45, 7) is 1.80. The topological polar surface area (TPSA) is 94.4 Å². The van der Waals surface area contributed by atoms with Crippen LogP contribution in [0.5, 0.6) is 5.75 Å². The second-order valence-electron chi connectivity index (χ2n) is 8.73. The van der Waals surface area contributed by atoms with Gasteiger partial charge in [0.15, 0.2) is 0 Å². The summed E-state index contributed by atoms with van der Waals surface area (Å²) in [6, 6.07) is 17.2. The number of amides is 1. The number of rotatable bonds is 7. The molecular weight excluding hydrogens is 390 g/mol. The Balaban J connectivity index is 1.48. The lowest BCUT2D eigenvalue weighted by Gasteiger charge is -2.48. The molecule has 1 spiro atoms. The van der Waals surface area contributed by atoms with Crippen LogP contribution >= 0.6 is 0 Å². The molecule has 1 amide bonds. The first-order valence-corrected chi connectivity index (χ1v) is 10.9. The molecule has 4 rings (SSSR count). The summed E-state index contributed by atoms with van der Waals surface area (Å²) in [5, 5.41) is 26.6. The molecule has 31 heavy (non-hydrogen) atoms. The fourth-order valence-electron chi connectivity index (χ4n) is 4.62. The van der Waals surface area contributed by atoms with Gasteiger partial charge in [-0.3, -0.25) is 4.79 Å². The monoisotopic (exact) mass is 419 g/mol. The molecule has 2 aliphatic rings. The molecule has 0 unspecified atom stereocenters. The first-order chi connectivity index (χ1) is 15.0. The summed E-state index contributed by atoms with van der Waals surface area (Å²) in [5.41, 5.74) is 2.47. The van der Waals surface area contributed by atoms with Crippen LogP contribution < -0.4 is 15.4 Å². The van der Waals surface area contributed by atoms with Crippen molar-refractivity contribution in [3.05, 3.63) is 65.2 Å². The third-order valence-electron chi connectivity index (χ3n) is 6.41. The smallest absolute Gasteiger partial charge is 0.217 e. The van der Waals surface area contributed by atoms with Gasteiger partial charge in [0.05, 0.1) is 23.8 Å². The van der Waals surface area contributed by atoms with Crippen molar-refractivity contribution in [1.29, 1.82) is 5.26 Å². The zero-order valence-electron chi connectivity index (χ0n) is 17.8. The molecule has 3 atom stereocenters. The molecule has 0 saturated heterocycles. The van der Waals surface area contributed by atoms with Gasteiger partial charge in [-0.2, -0.15) is 5.26 Å². The predicted octanol–water partition coefficient (Wildman–Crippen LogP) is 3.00. The van der Waals surface area contributed by atoms with Crippen molar-refractivity contribution >= 4 is 5.91 Å². The number of nitriles is 1. The Labute approximate surface area is 183 Å². The Morgan fingerprint density at radius 1 is 1.29 bits per heavy atom. The van der Waals surface area contributed by atoms with Crippen LogP contribution in [0.15, 0.2) is 48.5 Å². The first-order valence-electron chi connectivity index (χ1n) is 10.9. The van der Waals surface area contributed by atoms with Crippen molar-refractivity contribution in [3.63, 3.8) is 0 Å². The number of nitrogens with zero attached hydrogens (tertiary/aromatic N) is 1. The highest BCUT2D eigenvalue weighted by Crippen LogP contribution is 2.48. The fraction of sp³-hybridized carbons (Fsp3) is 0.440. The van der Waals surface area contributed by atoms with E-state index < -0.39 is 12.1 Å². The molecule has 2 aromatic rings. The quantitative estimate of drug-likeness (QED) is 0.641. The average Bonchev–Trinajstić information content (AvgIpc) is 2.75. The number of fused-ring (bicyclic) bond motifs is 1. The van der Waals surface area contributed by atoms with Gasteiger partial charge in [-0.15, -0.1) is 0 Å². The van der Waals surface area contributed by atoms with Crippen LogP contribution in [0.4, 0.5) is 0 Å². The third kappa shape index (κ3) is 4.90. The molecule has 0 aromatic heterocycles. The zero-order chi connectivity index (χ0) is 21.8. The molecule has 6 nitrogen and oxygen atoms in total. The summed E-state index contributed by atoms with van der Waals surface area (Å²) in [5.74, 6) is 0.656. The van der Waals surface area contributed by atoms with Crippen LogP contribution in [0.2, 0.25) is 0 Å². The van der Waals surface area contributed by atoms with E-state index in [1.165, 1.54) is 6.92 Å². The van der Waals surface area contributed by atoms with E-state index in [-0.39, 0.29) is 17.6 Å². The number of ether oxygens (including phenoxy) is 1. The molecular formula is C25H29N3O3. The number of carbonyl (C=O) groups excluding carboxylic acids is 1. The fourth-order valence-corrected chi connectivity index (χ4v) is 4.62. The van der Waals surface area contributed by atoms with Crippen LogP contribution in [0.1, 0.15) is 55.3 Å². The molecule has 1 aliphatic heterocycles.